The van der Waals surface area contributed by atoms with E-state index >= 15 is 0 Å². The highest BCUT2D eigenvalue weighted by Gasteiger charge is 2.24. The van der Waals surface area contributed by atoms with Crippen LogP contribution in [0.3, 0.4) is 0 Å². The molecule has 1 aliphatic rings. The highest BCUT2D eigenvalue weighted by Crippen LogP contribution is 2.32. The fourth-order valence-corrected chi connectivity index (χ4v) is 2.66. The summed E-state index contributed by atoms with van der Waals surface area (Å²) in [6.45, 7) is 2.97. The highest BCUT2D eigenvalue weighted by atomic mass is 35.5. The van der Waals surface area contributed by atoms with E-state index in [1.165, 1.54) is 6.07 Å². The molecule has 1 aromatic rings. The number of rotatable bonds is 4. The number of piperazine rings is 1. The van der Waals surface area contributed by atoms with Crippen LogP contribution in [0, 0.1) is 5.82 Å². The topological polar surface area (TPSA) is 15.3 Å². The molecule has 5 heteroatoms. The molecule has 0 radical (unpaired) electrons. The summed E-state index contributed by atoms with van der Waals surface area (Å²) in [6.07, 6.45) is 0.350. The quantitative estimate of drug-likeness (QED) is 0.908. The molecular formula is C13H17ClF2N2. The van der Waals surface area contributed by atoms with Crippen molar-refractivity contribution in [2.45, 2.75) is 12.5 Å². The van der Waals surface area contributed by atoms with Gasteiger partial charge in [0, 0.05) is 32.2 Å². The molecule has 2 nitrogen and oxygen atoms in total. The second-order valence-electron chi connectivity index (χ2n) is 4.42. The van der Waals surface area contributed by atoms with Crippen molar-refractivity contribution in [3.63, 3.8) is 0 Å². The smallest absolute Gasteiger partial charge is 0.142 e. The summed E-state index contributed by atoms with van der Waals surface area (Å²) >= 11 is 6.00. The predicted molar refractivity (Wildman–Crippen MR) is 69.2 cm³/mol. The molecule has 1 N–H and O–H groups in total. The number of benzene rings is 1. The molecule has 2 rings (SSSR count). The third kappa shape index (κ3) is 2.99. The molecule has 1 aliphatic heterocycles. The maximum Gasteiger partial charge on any atom is 0.142 e. The van der Waals surface area contributed by atoms with Crippen molar-refractivity contribution >= 4 is 11.6 Å². The molecule has 100 valence electrons. The molecule has 18 heavy (non-hydrogen) atoms. The number of hydrogen-bond donors (Lipinski definition) is 1. The Balaban J connectivity index is 2.25. The van der Waals surface area contributed by atoms with Gasteiger partial charge in [-0.3, -0.25) is 9.29 Å². The van der Waals surface area contributed by atoms with Gasteiger partial charge in [0.15, 0.2) is 0 Å². The van der Waals surface area contributed by atoms with Gasteiger partial charge in [0.05, 0.1) is 11.7 Å². The van der Waals surface area contributed by atoms with Crippen LogP contribution in [0.4, 0.5) is 8.78 Å². The van der Waals surface area contributed by atoms with Gasteiger partial charge >= 0.3 is 0 Å². The van der Waals surface area contributed by atoms with Crippen LogP contribution in [0.5, 0.6) is 0 Å². The van der Waals surface area contributed by atoms with Crippen LogP contribution >= 0.6 is 11.6 Å². The molecule has 0 spiro atoms. The van der Waals surface area contributed by atoms with Crippen LogP contribution in [0.15, 0.2) is 18.2 Å². The zero-order valence-corrected chi connectivity index (χ0v) is 10.9. The second kappa shape index (κ2) is 6.45. The Morgan fingerprint density at radius 2 is 2.06 bits per heavy atom. The van der Waals surface area contributed by atoms with Gasteiger partial charge in [-0.25, -0.2) is 4.39 Å². The van der Waals surface area contributed by atoms with Crippen LogP contribution < -0.4 is 5.32 Å². The lowest BCUT2D eigenvalue weighted by atomic mass is 10.0. The van der Waals surface area contributed by atoms with Crippen molar-refractivity contribution in [2.24, 2.45) is 0 Å². The fraction of sp³-hybridized carbons (Fsp3) is 0.538. The lowest BCUT2D eigenvalue weighted by Crippen LogP contribution is -2.45. The Hall–Kier alpha value is -0.710. The molecule has 0 unspecified atom stereocenters. The number of alkyl halides is 1. The van der Waals surface area contributed by atoms with Crippen molar-refractivity contribution in [1.29, 1.82) is 0 Å². The molecule has 1 heterocycles. The maximum absolute atomic E-state index is 13.5. The Morgan fingerprint density at radius 3 is 2.72 bits per heavy atom. The van der Waals surface area contributed by atoms with Crippen molar-refractivity contribution in [3.05, 3.63) is 34.6 Å². The monoisotopic (exact) mass is 274 g/mol. The van der Waals surface area contributed by atoms with E-state index in [4.69, 9.17) is 11.6 Å². The van der Waals surface area contributed by atoms with Crippen LogP contribution in [0.2, 0.25) is 5.02 Å². The summed E-state index contributed by atoms with van der Waals surface area (Å²) < 4.78 is 26.2. The third-order valence-electron chi connectivity index (χ3n) is 3.32. The number of halogens is 3. The van der Waals surface area contributed by atoms with E-state index in [0.29, 0.717) is 12.0 Å². The van der Waals surface area contributed by atoms with Gasteiger partial charge in [0.25, 0.3) is 0 Å². The molecule has 1 saturated heterocycles. The zero-order chi connectivity index (χ0) is 13.0. The molecule has 0 aromatic heterocycles. The predicted octanol–water partition coefficient (Wildman–Crippen LogP) is 2.79. The van der Waals surface area contributed by atoms with Crippen molar-refractivity contribution in [1.82, 2.24) is 10.2 Å². The molecule has 0 amide bonds. The largest absolute Gasteiger partial charge is 0.314 e. The second-order valence-corrected chi connectivity index (χ2v) is 4.80. The van der Waals surface area contributed by atoms with E-state index in [2.05, 4.69) is 10.2 Å². The first-order valence-corrected chi connectivity index (χ1v) is 6.56. The minimum absolute atomic E-state index is 0.120. The SMILES string of the molecule is FCC[C@H](c1cccc(F)c1Cl)N1CCNCC1. The van der Waals surface area contributed by atoms with Gasteiger partial charge in [-0.05, 0) is 18.1 Å². The molecule has 0 aliphatic carbocycles. The lowest BCUT2D eigenvalue weighted by Gasteiger charge is -2.35. The minimum atomic E-state index is -0.437. The molecule has 1 fully saturated rings. The normalized spacial score (nSPS) is 18.8. The summed E-state index contributed by atoms with van der Waals surface area (Å²) in [7, 11) is 0. The summed E-state index contributed by atoms with van der Waals surface area (Å²) in [5, 5.41) is 3.37. The Kier molecular flexibility index (Phi) is 4.92. The number of nitrogens with zero attached hydrogens (tertiary/aromatic N) is 1. The lowest BCUT2D eigenvalue weighted by molar-refractivity contribution is 0.157. The van der Waals surface area contributed by atoms with Gasteiger partial charge in [0.2, 0.25) is 0 Å². The maximum atomic E-state index is 13.5. The van der Waals surface area contributed by atoms with Crippen molar-refractivity contribution in [2.75, 3.05) is 32.9 Å². The third-order valence-corrected chi connectivity index (χ3v) is 3.71. The summed E-state index contributed by atoms with van der Waals surface area (Å²) in [6, 6.07) is 4.61. The first-order chi connectivity index (χ1) is 8.74. The fourth-order valence-electron chi connectivity index (χ4n) is 2.41. The van der Waals surface area contributed by atoms with Crippen LogP contribution in [-0.2, 0) is 0 Å². The minimum Gasteiger partial charge on any atom is -0.314 e. The average molecular weight is 275 g/mol. The Morgan fingerprint density at radius 1 is 1.33 bits per heavy atom. The molecule has 1 aromatic carbocycles. The number of hydrogen-bond acceptors (Lipinski definition) is 2. The van der Waals surface area contributed by atoms with E-state index in [1.54, 1.807) is 12.1 Å². The van der Waals surface area contributed by atoms with E-state index in [1.807, 2.05) is 0 Å². The van der Waals surface area contributed by atoms with Gasteiger partial charge in [-0.15, -0.1) is 0 Å². The van der Waals surface area contributed by atoms with Gasteiger partial charge < -0.3 is 5.32 Å². The summed E-state index contributed by atoms with van der Waals surface area (Å²) in [4.78, 5) is 2.16. The van der Waals surface area contributed by atoms with Crippen molar-refractivity contribution < 1.29 is 8.78 Å². The van der Waals surface area contributed by atoms with Gasteiger partial charge in [0.1, 0.15) is 5.82 Å². The van der Waals surface area contributed by atoms with Crippen LogP contribution in [-0.4, -0.2) is 37.8 Å². The molecular weight excluding hydrogens is 258 g/mol. The average Bonchev–Trinajstić information content (AvgIpc) is 2.41. The molecule has 1 atom stereocenters. The first-order valence-electron chi connectivity index (χ1n) is 6.18. The first kappa shape index (κ1) is 13.7. The van der Waals surface area contributed by atoms with Gasteiger partial charge in [-0.2, -0.15) is 0 Å². The van der Waals surface area contributed by atoms with E-state index in [-0.39, 0.29) is 11.1 Å². The highest BCUT2D eigenvalue weighted by molar-refractivity contribution is 6.31. The van der Waals surface area contributed by atoms with Gasteiger partial charge in [-0.1, -0.05) is 23.7 Å². The Bertz CT molecular complexity index is 395. The zero-order valence-electron chi connectivity index (χ0n) is 10.1. The van der Waals surface area contributed by atoms with Crippen molar-refractivity contribution in [3.8, 4) is 0 Å². The standard InChI is InChI=1S/C13H17ClF2N2/c14-13-10(2-1-3-11(13)16)12(4-5-15)18-8-6-17-7-9-18/h1-3,12,17H,4-9H2/t12-/m1/s1. The van der Waals surface area contributed by atoms with Crippen LogP contribution in [0.25, 0.3) is 0 Å². The van der Waals surface area contributed by atoms with E-state index in [0.717, 1.165) is 26.2 Å². The Labute approximate surface area is 111 Å². The van der Waals surface area contributed by atoms with E-state index < -0.39 is 12.5 Å². The summed E-state index contributed by atoms with van der Waals surface area (Å²) in [5.41, 5.74) is 0.691. The summed E-state index contributed by atoms with van der Waals surface area (Å²) in [5.74, 6) is -0.437. The molecule has 0 bridgehead atoms. The van der Waals surface area contributed by atoms with E-state index in [9.17, 15) is 8.78 Å². The van der Waals surface area contributed by atoms with Crippen LogP contribution in [0.1, 0.15) is 18.0 Å². The molecule has 0 saturated carbocycles. The number of nitrogens with one attached hydrogen (secondary N) is 1.